The van der Waals surface area contributed by atoms with Crippen molar-refractivity contribution in [3.05, 3.63) is 42.5 Å². The summed E-state index contributed by atoms with van der Waals surface area (Å²) >= 11 is 1.53. The lowest BCUT2D eigenvalue weighted by atomic mass is 9.98. The fourth-order valence-corrected chi connectivity index (χ4v) is 3.55. The van der Waals surface area contributed by atoms with Gasteiger partial charge in [-0.15, -0.1) is 11.8 Å². The zero-order valence-electron chi connectivity index (χ0n) is 11.1. The van der Waals surface area contributed by atoms with Crippen LogP contribution in [-0.4, -0.2) is 22.4 Å². The van der Waals surface area contributed by atoms with Gasteiger partial charge in [0.25, 0.3) is 0 Å². The van der Waals surface area contributed by atoms with E-state index in [0.717, 1.165) is 17.7 Å². The van der Waals surface area contributed by atoms with E-state index in [9.17, 15) is 9.90 Å². The maximum atomic E-state index is 11.4. The first-order chi connectivity index (χ1) is 9.59. The summed E-state index contributed by atoms with van der Waals surface area (Å²) in [7, 11) is 0. The molecule has 4 heteroatoms. The van der Waals surface area contributed by atoms with Gasteiger partial charge < -0.3 is 10.8 Å². The van der Waals surface area contributed by atoms with E-state index >= 15 is 0 Å². The van der Waals surface area contributed by atoms with Crippen LogP contribution in [0.4, 0.5) is 0 Å². The molecule has 0 radical (unpaired) electrons. The highest BCUT2D eigenvalue weighted by atomic mass is 32.2. The maximum absolute atomic E-state index is 11.4. The van der Waals surface area contributed by atoms with Gasteiger partial charge in [-0.25, -0.2) is 0 Å². The molecule has 3 rings (SSSR count). The molecule has 1 unspecified atom stereocenters. The van der Waals surface area contributed by atoms with Crippen LogP contribution in [0.2, 0.25) is 0 Å². The van der Waals surface area contributed by atoms with Crippen LogP contribution in [0.1, 0.15) is 12.8 Å². The van der Waals surface area contributed by atoms with Gasteiger partial charge in [0, 0.05) is 10.6 Å². The van der Waals surface area contributed by atoms with Crippen molar-refractivity contribution >= 4 is 28.5 Å². The zero-order valence-corrected chi connectivity index (χ0v) is 11.9. The van der Waals surface area contributed by atoms with Gasteiger partial charge in [-0.2, -0.15) is 0 Å². The molecule has 0 saturated heterocycles. The fourth-order valence-electron chi connectivity index (χ4n) is 2.41. The number of aliphatic carboxylic acids is 1. The third-order valence-corrected chi connectivity index (χ3v) is 5.11. The maximum Gasteiger partial charge on any atom is 0.324 e. The van der Waals surface area contributed by atoms with Crippen molar-refractivity contribution in [2.75, 3.05) is 5.75 Å². The average molecular weight is 287 g/mol. The van der Waals surface area contributed by atoms with Crippen LogP contribution in [0.15, 0.2) is 47.4 Å². The van der Waals surface area contributed by atoms with E-state index in [1.165, 1.54) is 22.5 Å². The molecule has 1 aliphatic rings. The lowest BCUT2D eigenvalue weighted by Crippen LogP contribution is -2.52. The normalized spacial score (nSPS) is 17.9. The number of fused-ring (bicyclic) bond motifs is 1. The number of hydrogen-bond donors (Lipinski definition) is 2. The molecular formula is C16H17NO2S. The molecule has 0 bridgehead atoms. The minimum atomic E-state index is -1.09. The van der Waals surface area contributed by atoms with Crippen LogP contribution in [-0.2, 0) is 4.79 Å². The second-order valence-corrected chi connectivity index (χ2v) is 6.47. The Morgan fingerprint density at radius 3 is 2.60 bits per heavy atom. The number of thioether (sulfide) groups is 1. The van der Waals surface area contributed by atoms with Crippen molar-refractivity contribution < 1.29 is 9.90 Å². The third-order valence-electron chi connectivity index (χ3n) is 3.90. The SMILES string of the molecule is NC(CSc1ccc2ccccc2c1)(C(=O)O)C1CC1. The number of benzene rings is 2. The number of carboxylic acid groups (broad SMARTS) is 1. The highest BCUT2D eigenvalue weighted by Gasteiger charge is 2.48. The summed E-state index contributed by atoms with van der Waals surface area (Å²) in [5.41, 5.74) is 5.00. The average Bonchev–Trinajstić information content (AvgIpc) is 3.29. The molecule has 104 valence electrons. The van der Waals surface area contributed by atoms with Crippen LogP contribution in [0.25, 0.3) is 10.8 Å². The van der Waals surface area contributed by atoms with E-state index in [-0.39, 0.29) is 5.92 Å². The molecule has 0 aromatic heterocycles. The minimum Gasteiger partial charge on any atom is -0.480 e. The second kappa shape index (κ2) is 5.11. The van der Waals surface area contributed by atoms with Gasteiger partial charge >= 0.3 is 5.97 Å². The first-order valence-corrected chi connectivity index (χ1v) is 7.72. The van der Waals surface area contributed by atoms with Crippen molar-refractivity contribution in [2.45, 2.75) is 23.3 Å². The Balaban J connectivity index is 1.77. The van der Waals surface area contributed by atoms with E-state index in [2.05, 4.69) is 24.3 Å². The molecule has 1 saturated carbocycles. The molecule has 0 aliphatic heterocycles. The van der Waals surface area contributed by atoms with Gasteiger partial charge in [0.2, 0.25) is 0 Å². The molecule has 0 heterocycles. The predicted molar refractivity (Wildman–Crippen MR) is 82.0 cm³/mol. The molecule has 0 amide bonds. The monoisotopic (exact) mass is 287 g/mol. The van der Waals surface area contributed by atoms with Crippen LogP contribution >= 0.6 is 11.8 Å². The van der Waals surface area contributed by atoms with Gasteiger partial charge in [-0.3, -0.25) is 4.79 Å². The standard InChI is InChI=1S/C16H17NO2S/c17-16(15(18)19,13-6-7-13)10-20-14-8-5-11-3-1-2-4-12(11)9-14/h1-5,8-9,13H,6-7,10,17H2,(H,18,19). The van der Waals surface area contributed by atoms with Gasteiger partial charge in [-0.1, -0.05) is 30.3 Å². The zero-order chi connectivity index (χ0) is 14.2. The summed E-state index contributed by atoms with van der Waals surface area (Å²) in [6.07, 6.45) is 1.86. The van der Waals surface area contributed by atoms with E-state index in [1.807, 2.05) is 18.2 Å². The molecule has 1 atom stereocenters. The lowest BCUT2D eigenvalue weighted by Gasteiger charge is -2.24. The Bertz CT molecular complexity index is 654. The van der Waals surface area contributed by atoms with Crippen LogP contribution < -0.4 is 5.73 Å². The molecule has 1 fully saturated rings. The van der Waals surface area contributed by atoms with E-state index < -0.39 is 11.5 Å². The summed E-state index contributed by atoms with van der Waals surface area (Å²) < 4.78 is 0. The Morgan fingerprint density at radius 1 is 1.25 bits per heavy atom. The van der Waals surface area contributed by atoms with Crippen LogP contribution in [0.5, 0.6) is 0 Å². The number of carboxylic acids is 1. The van der Waals surface area contributed by atoms with E-state index in [4.69, 9.17) is 5.73 Å². The fraction of sp³-hybridized carbons (Fsp3) is 0.312. The molecule has 3 N–H and O–H groups in total. The minimum absolute atomic E-state index is 0.132. The highest BCUT2D eigenvalue weighted by Crippen LogP contribution is 2.41. The van der Waals surface area contributed by atoms with Crippen molar-refractivity contribution in [1.29, 1.82) is 0 Å². The van der Waals surface area contributed by atoms with Crippen LogP contribution in [0.3, 0.4) is 0 Å². The van der Waals surface area contributed by atoms with Gasteiger partial charge in [0.1, 0.15) is 5.54 Å². The van der Waals surface area contributed by atoms with Gasteiger partial charge in [-0.05, 0) is 41.7 Å². The first-order valence-electron chi connectivity index (χ1n) is 6.73. The highest BCUT2D eigenvalue weighted by molar-refractivity contribution is 7.99. The summed E-state index contributed by atoms with van der Waals surface area (Å²) in [5.74, 6) is -0.327. The molecule has 1 aliphatic carbocycles. The predicted octanol–water partition coefficient (Wildman–Crippen LogP) is 3.12. The molecule has 2 aromatic carbocycles. The summed E-state index contributed by atoms with van der Waals surface area (Å²) in [5, 5.41) is 11.7. The van der Waals surface area contributed by atoms with Crippen molar-refractivity contribution in [1.82, 2.24) is 0 Å². The lowest BCUT2D eigenvalue weighted by molar-refractivity contribution is -0.143. The quantitative estimate of drug-likeness (QED) is 0.829. The topological polar surface area (TPSA) is 63.3 Å². The van der Waals surface area contributed by atoms with E-state index in [1.54, 1.807) is 0 Å². The number of carbonyl (C=O) groups is 1. The summed E-state index contributed by atoms with van der Waals surface area (Å²) in [6.45, 7) is 0. The first kappa shape index (κ1) is 13.5. The molecule has 3 nitrogen and oxygen atoms in total. The van der Waals surface area contributed by atoms with Crippen molar-refractivity contribution in [3.63, 3.8) is 0 Å². The molecule has 2 aromatic rings. The van der Waals surface area contributed by atoms with Crippen molar-refractivity contribution in [2.24, 2.45) is 11.7 Å². The molecular weight excluding hydrogens is 270 g/mol. The smallest absolute Gasteiger partial charge is 0.324 e. The summed E-state index contributed by atoms with van der Waals surface area (Å²) in [6, 6.07) is 14.3. The second-order valence-electron chi connectivity index (χ2n) is 5.42. The largest absolute Gasteiger partial charge is 0.480 e. The Hall–Kier alpha value is -1.52. The third kappa shape index (κ3) is 2.53. The number of hydrogen-bond acceptors (Lipinski definition) is 3. The van der Waals surface area contributed by atoms with E-state index in [0.29, 0.717) is 5.75 Å². The van der Waals surface area contributed by atoms with Gasteiger partial charge in [0.05, 0.1) is 0 Å². The Morgan fingerprint density at radius 2 is 1.95 bits per heavy atom. The summed E-state index contributed by atoms with van der Waals surface area (Å²) in [4.78, 5) is 12.5. The molecule has 20 heavy (non-hydrogen) atoms. The number of nitrogens with two attached hydrogens (primary N) is 1. The van der Waals surface area contributed by atoms with Gasteiger partial charge in [0.15, 0.2) is 0 Å². The van der Waals surface area contributed by atoms with Crippen molar-refractivity contribution in [3.8, 4) is 0 Å². The molecule has 0 spiro atoms. The van der Waals surface area contributed by atoms with Crippen LogP contribution in [0, 0.1) is 5.92 Å². The number of rotatable bonds is 5. The Labute approximate surface area is 122 Å². The Kier molecular flexibility index (Phi) is 3.44.